The summed E-state index contributed by atoms with van der Waals surface area (Å²) in [6, 6.07) is 0. The number of fused-ring (bicyclic) bond motifs is 1. The molecular formula is C17H24O4. The largest absolute Gasteiger partial charge is 0.458 e. The van der Waals surface area contributed by atoms with E-state index in [1.54, 1.807) is 0 Å². The van der Waals surface area contributed by atoms with Gasteiger partial charge in [0.25, 0.3) is 0 Å². The van der Waals surface area contributed by atoms with Gasteiger partial charge in [0.1, 0.15) is 18.3 Å². The Morgan fingerprint density at radius 2 is 1.86 bits per heavy atom. The SMILES string of the molecule is CC(C)(C)C1=C[C@H]2OO[C@@H]1[C@@H]1[C@H]2OC(=O)C12CCCCC2. The number of carbonyl (C=O) groups excluding carboxylic acids is 1. The first kappa shape index (κ1) is 13.8. The molecule has 1 spiro atoms. The lowest BCUT2D eigenvalue weighted by atomic mass is 9.59. The van der Waals surface area contributed by atoms with E-state index in [0.717, 1.165) is 25.7 Å². The molecule has 0 unspecified atom stereocenters. The molecule has 1 saturated carbocycles. The van der Waals surface area contributed by atoms with Crippen LogP contribution >= 0.6 is 0 Å². The highest BCUT2D eigenvalue weighted by atomic mass is 17.2. The van der Waals surface area contributed by atoms with Crippen molar-refractivity contribution in [2.75, 3.05) is 0 Å². The molecule has 4 atom stereocenters. The van der Waals surface area contributed by atoms with Crippen LogP contribution in [0.25, 0.3) is 0 Å². The molecule has 3 heterocycles. The second-order valence-electron chi connectivity index (χ2n) is 8.06. The van der Waals surface area contributed by atoms with Gasteiger partial charge in [-0.15, -0.1) is 0 Å². The second-order valence-corrected chi connectivity index (χ2v) is 8.06. The van der Waals surface area contributed by atoms with Gasteiger partial charge in [-0.25, -0.2) is 9.78 Å². The van der Waals surface area contributed by atoms with Crippen molar-refractivity contribution in [3.8, 4) is 0 Å². The second kappa shape index (κ2) is 4.32. The van der Waals surface area contributed by atoms with Crippen molar-refractivity contribution < 1.29 is 19.3 Å². The summed E-state index contributed by atoms with van der Waals surface area (Å²) in [6.45, 7) is 6.59. The molecule has 21 heavy (non-hydrogen) atoms. The molecule has 3 aliphatic heterocycles. The van der Waals surface area contributed by atoms with Crippen LogP contribution in [0, 0.1) is 16.7 Å². The van der Waals surface area contributed by atoms with Crippen molar-refractivity contribution in [2.24, 2.45) is 16.7 Å². The Balaban J connectivity index is 1.77. The van der Waals surface area contributed by atoms with Crippen molar-refractivity contribution >= 4 is 5.97 Å². The first-order valence-electron chi connectivity index (χ1n) is 8.19. The fourth-order valence-electron chi connectivity index (χ4n) is 4.77. The lowest BCUT2D eigenvalue weighted by molar-refractivity contribution is -0.398. The van der Waals surface area contributed by atoms with Gasteiger partial charge in [-0.05, 0) is 29.9 Å². The molecule has 0 radical (unpaired) electrons. The average Bonchev–Trinajstić information content (AvgIpc) is 2.74. The molecule has 4 nitrogen and oxygen atoms in total. The third-order valence-electron chi connectivity index (χ3n) is 5.82. The molecule has 3 fully saturated rings. The van der Waals surface area contributed by atoms with E-state index in [-0.39, 0.29) is 41.0 Å². The van der Waals surface area contributed by atoms with E-state index in [1.165, 1.54) is 12.0 Å². The number of hydrogen-bond donors (Lipinski definition) is 0. The zero-order valence-corrected chi connectivity index (χ0v) is 13.1. The molecule has 2 bridgehead atoms. The summed E-state index contributed by atoms with van der Waals surface area (Å²) in [5, 5.41) is 0. The van der Waals surface area contributed by atoms with Crippen LogP contribution in [0.3, 0.4) is 0 Å². The highest BCUT2D eigenvalue weighted by Crippen LogP contribution is 2.58. The number of esters is 1. The molecule has 4 heteroatoms. The van der Waals surface area contributed by atoms with Crippen molar-refractivity contribution in [3.05, 3.63) is 11.6 Å². The van der Waals surface area contributed by atoms with Gasteiger partial charge in [-0.3, -0.25) is 4.79 Å². The zero-order chi connectivity index (χ0) is 14.8. The van der Waals surface area contributed by atoms with Crippen molar-refractivity contribution in [2.45, 2.75) is 71.2 Å². The van der Waals surface area contributed by atoms with E-state index >= 15 is 0 Å². The van der Waals surface area contributed by atoms with E-state index < -0.39 is 0 Å². The summed E-state index contributed by atoms with van der Waals surface area (Å²) >= 11 is 0. The topological polar surface area (TPSA) is 44.8 Å². The molecule has 0 N–H and O–H groups in total. The van der Waals surface area contributed by atoms with E-state index in [2.05, 4.69) is 26.8 Å². The van der Waals surface area contributed by atoms with E-state index in [1.807, 2.05) is 0 Å². The maximum absolute atomic E-state index is 12.6. The minimum absolute atomic E-state index is 0.00939. The van der Waals surface area contributed by atoms with Gasteiger partial charge in [0.15, 0.2) is 0 Å². The predicted octanol–water partition coefficient (Wildman–Crippen LogP) is 3.16. The van der Waals surface area contributed by atoms with Gasteiger partial charge >= 0.3 is 5.97 Å². The van der Waals surface area contributed by atoms with Crippen molar-refractivity contribution in [1.82, 2.24) is 0 Å². The number of rotatable bonds is 0. The monoisotopic (exact) mass is 292 g/mol. The molecular weight excluding hydrogens is 268 g/mol. The maximum atomic E-state index is 12.6. The third-order valence-corrected chi connectivity index (χ3v) is 5.82. The van der Waals surface area contributed by atoms with Crippen molar-refractivity contribution in [3.63, 3.8) is 0 Å². The summed E-state index contributed by atoms with van der Waals surface area (Å²) in [5.41, 5.74) is 0.961. The van der Waals surface area contributed by atoms with Crippen LogP contribution in [-0.4, -0.2) is 24.3 Å². The van der Waals surface area contributed by atoms with Crippen LogP contribution in [0.1, 0.15) is 52.9 Å². The Morgan fingerprint density at radius 1 is 1.14 bits per heavy atom. The summed E-state index contributed by atoms with van der Waals surface area (Å²) in [4.78, 5) is 23.8. The van der Waals surface area contributed by atoms with E-state index in [0.29, 0.717) is 0 Å². The molecule has 5 aliphatic rings. The Morgan fingerprint density at radius 3 is 2.52 bits per heavy atom. The molecule has 116 valence electrons. The molecule has 0 aromatic carbocycles. The van der Waals surface area contributed by atoms with Crippen LogP contribution in [0.5, 0.6) is 0 Å². The van der Waals surface area contributed by atoms with Gasteiger partial charge in [0, 0.05) is 5.92 Å². The minimum atomic E-state index is -0.333. The first-order chi connectivity index (χ1) is 9.93. The normalized spacial score (nSPS) is 40.9. The van der Waals surface area contributed by atoms with Crippen molar-refractivity contribution in [1.29, 1.82) is 0 Å². The van der Waals surface area contributed by atoms with E-state index in [9.17, 15) is 4.79 Å². The summed E-state index contributed by atoms with van der Waals surface area (Å²) in [7, 11) is 0. The fraction of sp³-hybridized carbons (Fsp3) is 0.824. The van der Waals surface area contributed by atoms with Crippen LogP contribution in [0.15, 0.2) is 11.6 Å². The smallest absolute Gasteiger partial charge is 0.313 e. The molecule has 5 rings (SSSR count). The Hall–Kier alpha value is -0.870. The Labute approximate surface area is 125 Å². The average molecular weight is 292 g/mol. The third kappa shape index (κ3) is 1.78. The molecule has 0 aromatic rings. The van der Waals surface area contributed by atoms with Gasteiger partial charge < -0.3 is 4.74 Å². The lowest BCUT2D eigenvalue weighted by Crippen LogP contribution is -2.56. The quantitative estimate of drug-likeness (QED) is 0.391. The summed E-state index contributed by atoms with van der Waals surface area (Å²) < 4.78 is 5.76. The maximum Gasteiger partial charge on any atom is 0.313 e. The van der Waals surface area contributed by atoms with Crippen LogP contribution in [0.4, 0.5) is 0 Å². The van der Waals surface area contributed by atoms with E-state index in [4.69, 9.17) is 14.5 Å². The number of carbonyl (C=O) groups is 1. The minimum Gasteiger partial charge on any atom is -0.458 e. The Kier molecular flexibility index (Phi) is 2.84. The highest BCUT2D eigenvalue weighted by molar-refractivity contribution is 5.80. The standard InChI is InChI=1S/C17H24O4/c1-16(2,3)10-9-11-14-12(13(10)21-20-11)17(15(18)19-14)7-5-4-6-8-17/h9,11-14H,4-8H2,1-3H3/t11-,12-,13+,14+/m1/s1. The number of ether oxygens (including phenoxy) is 1. The van der Waals surface area contributed by atoms with Crippen LogP contribution < -0.4 is 0 Å². The fourth-order valence-corrected chi connectivity index (χ4v) is 4.77. The zero-order valence-electron chi connectivity index (χ0n) is 13.1. The highest BCUT2D eigenvalue weighted by Gasteiger charge is 2.66. The molecule has 0 amide bonds. The first-order valence-corrected chi connectivity index (χ1v) is 8.19. The summed E-state index contributed by atoms with van der Waals surface area (Å²) in [6.07, 6.45) is 6.94. The molecule has 2 saturated heterocycles. The predicted molar refractivity (Wildman–Crippen MR) is 76.2 cm³/mol. The van der Waals surface area contributed by atoms with Gasteiger partial charge in [0.2, 0.25) is 0 Å². The van der Waals surface area contributed by atoms with Crippen LogP contribution in [0.2, 0.25) is 0 Å². The lowest BCUT2D eigenvalue weighted by Gasteiger charge is -2.49. The van der Waals surface area contributed by atoms with Crippen LogP contribution in [-0.2, 0) is 19.3 Å². The molecule has 0 aromatic heterocycles. The van der Waals surface area contributed by atoms with Gasteiger partial charge in [-0.1, -0.05) is 40.0 Å². The van der Waals surface area contributed by atoms with Gasteiger partial charge in [0.05, 0.1) is 5.41 Å². The Bertz CT molecular complexity index is 495. The summed E-state index contributed by atoms with van der Waals surface area (Å²) in [5.74, 6) is 0.119. The van der Waals surface area contributed by atoms with Gasteiger partial charge in [-0.2, -0.15) is 0 Å². The number of hydrogen-bond acceptors (Lipinski definition) is 4. The molecule has 2 aliphatic carbocycles.